The van der Waals surface area contributed by atoms with Crippen molar-refractivity contribution in [3.63, 3.8) is 0 Å². The van der Waals surface area contributed by atoms with Gasteiger partial charge in [0.1, 0.15) is 0 Å². The third-order valence-corrected chi connectivity index (χ3v) is 5.70. The van der Waals surface area contributed by atoms with E-state index in [4.69, 9.17) is 16.7 Å². The molecule has 128 valence electrons. The molecule has 0 heterocycles. The van der Waals surface area contributed by atoms with Gasteiger partial charge < -0.3 is 9.84 Å². The molecule has 0 aliphatic carbocycles. The maximum absolute atomic E-state index is 12.6. The van der Waals surface area contributed by atoms with Crippen molar-refractivity contribution in [2.75, 3.05) is 20.7 Å². The molecule has 0 saturated heterocycles. The van der Waals surface area contributed by atoms with Crippen LogP contribution < -0.4 is 0 Å². The van der Waals surface area contributed by atoms with Gasteiger partial charge in [0.15, 0.2) is 0 Å². The van der Waals surface area contributed by atoms with Crippen LogP contribution in [0.4, 0.5) is 0 Å². The third kappa shape index (κ3) is 4.21. The molecule has 0 radical (unpaired) electrons. The van der Waals surface area contributed by atoms with Gasteiger partial charge in [-0.1, -0.05) is 18.5 Å². The van der Waals surface area contributed by atoms with Crippen molar-refractivity contribution in [1.29, 1.82) is 0 Å². The fourth-order valence-electron chi connectivity index (χ4n) is 1.89. The summed E-state index contributed by atoms with van der Waals surface area (Å²) >= 11 is 6.00. The van der Waals surface area contributed by atoms with Crippen LogP contribution in [-0.2, 0) is 19.6 Å². The molecule has 1 atom stereocenters. The number of aliphatic carboxylic acids is 1. The van der Waals surface area contributed by atoms with Crippen molar-refractivity contribution >= 4 is 33.6 Å². The lowest BCUT2D eigenvalue weighted by Gasteiger charge is -2.21. The Morgan fingerprint density at radius 2 is 1.96 bits per heavy atom. The Balaban J connectivity index is 3.34. The maximum Gasteiger partial charge on any atom is 0.337 e. The van der Waals surface area contributed by atoms with Gasteiger partial charge in [-0.2, -0.15) is 0 Å². The molecule has 0 aromatic heterocycles. The smallest absolute Gasteiger partial charge is 0.337 e. The maximum atomic E-state index is 12.6. The molecule has 0 amide bonds. The van der Waals surface area contributed by atoms with E-state index in [-0.39, 0.29) is 27.6 Å². The van der Waals surface area contributed by atoms with Crippen LogP contribution in [-0.4, -0.2) is 50.5 Å². The highest BCUT2D eigenvalue weighted by atomic mass is 35.5. The minimum absolute atomic E-state index is 0.00126. The summed E-state index contributed by atoms with van der Waals surface area (Å²) in [6, 6.07) is 2.49. The second kappa shape index (κ2) is 7.29. The molecule has 0 aliphatic heterocycles. The number of ether oxygens (including phenoxy) is 1. The van der Waals surface area contributed by atoms with Gasteiger partial charge in [-0.3, -0.25) is 4.79 Å². The van der Waals surface area contributed by atoms with Crippen molar-refractivity contribution in [3.8, 4) is 0 Å². The first-order valence-electron chi connectivity index (χ1n) is 6.60. The number of hydrogen-bond donors (Lipinski definition) is 1. The van der Waals surface area contributed by atoms with Crippen LogP contribution in [0.1, 0.15) is 22.8 Å². The molecular weight excluding hydrogens is 346 g/mol. The summed E-state index contributed by atoms with van der Waals surface area (Å²) in [5, 5.41) is 9.01. The van der Waals surface area contributed by atoms with Crippen molar-refractivity contribution in [1.82, 2.24) is 4.31 Å². The number of carboxylic acids is 1. The topological polar surface area (TPSA) is 101 Å². The number of rotatable bonds is 6. The third-order valence-electron chi connectivity index (χ3n) is 3.36. The van der Waals surface area contributed by atoms with E-state index in [1.54, 1.807) is 0 Å². The molecule has 1 aromatic carbocycles. The molecule has 1 unspecified atom stereocenters. The zero-order valence-electron chi connectivity index (χ0n) is 13.2. The van der Waals surface area contributed by atoms with E-state index in [2.05, 4.69) is 4.74 Å². The largest absolute Gasteiger partial charge is 0.481 e. The molecular formula is C14H18ClNO6S. The number of methoxy groups -OCH3 is 1. The van der Waals surface area contributed by atoms with Crippen LogP contribution in [0.5, 0.6) is 0 Å². The van der Waals surface area contributed by atoms with Gasteiger partial charge in [-0.15, -0.1) is 0 Å². The lowest BCUT2D eigenvalue weighted by atomic mass is 10.1. The number of hydrogen-bond acceptors (Lipinski definition) is 5. The number of sulfonamides is 1. The first-order valence-corrected chi connectivity index (χ1v) is 8.41. The van der Waals surface area contributed by atoms with E-state index in [1.165, 1.54) is 40.1 Å². The number of carbonyl (C=O) groups is 2. The average Bonchev–Trinajstić information content (AvgIpc) is 2.48. The molecule has 0 aliphatic rings. The molecule has 23 heavy (non-hydrogen) atoms. The predicted octanol–water partition coefficient (Wildman–Crippen LogP) is 1.78. The summed E-state index contributed by atoms with van der Waals surface area (Å²) in [5.74, 6) is -2.70. The summed E-state index contributed by atoms with van der Waals surface area (Å²) in [6.45, 7) is 2.70. The van der Waals surface area contributed by atoms with Gasteiger partial charge in [0.2, 0.25) is 10.0 Å². The number of carboxylic acid groups (broad SMARTS) is 1. The molecule has 1 N–H and O–H groups in total. The van der Waals surface area contributed by atoms with E-state index < -0.39 is 27.9 Å². The van der Waals surface area contributed by atoms with Gasteiger partial charge in [-0.05, 0) is 24.6 Å². The van der Waals surface area contributed by atoms with Crippen LogP contribution in [0.15, 0.2) is 17.0 Å². The second-order valence-corrected chi connectivity index (χ2v) is 7.52. The quantitative estimate of drug-likeness (QED) is 0.773. The Labute approximate surface area is 139 Å². The number of nitrogens with zero attached hydrogens (tertiary/aromatic N) is 1. The van der Waals surface area contributed by atoms with Gasteiger partial charge in [-0.25, -0.2) is 17.5 Å². The monoisotopic (exact) mass is 363 g/mol. The van der Waals surface area contributed by atoms with Gasteiger partial charge >= 0.3 is 11.9 Å². The van der Waals surface area contributed by atoms with Crippen LogP contribution in [0, 0.1) is 12.8 Å². The molecule has 7 nitrogen and oxygen atoms in total. The van der Waals surface area contributed by atoms with Crippen molar-refractivity contribution in [2.45, 2.75) is 18.7 Å². The Morgan fingerprint density at radius 3 is 2.43 bits per heavy atom. The van der Waals surface area contributed by atoms with Crippen molar-refractivity contribution < 1.29 is 27.9 Å². The minimum atomic E-state index is -4.01. The summed E-state index contributed by atoms with van der Waals surface area (Å²) in [7, 11) is -1.56. The fourth-order valence-corrected chi connectivity index (χ4v) is 3.69. The normalized spacial score (nSPS) is 13.0. The predicted molar refractivity (Wildman–Crippen MR) is 84.1 cm³/mol. The number of benzene rings is 1. The van der Waals surface area contributed by atoms with Crippen LogP contribution >= 0.6 is 11.6 Å². The number of carbonyl (C=O) groups excluding carboxylic acids is 1. The average molecular weight is 364 g/mol. The Morgan fingerprint density at radius 1 is 1.39 bits per heavy atom. The van der Waals surface area contributed by atoms with Crippen molar-refractivity contribution in [3.05, 3.63) is 28.3 Å². The first kappa shape index (κ1) is 19.4. The van der Waals surface area contributed by atoms with E-state index in [0.29, 0.717) is 0 Å². The Bertz CT molecular complexity index is 731. The Hall–Kier alpha value is -1.64. The van der Waals surface area contributed by atoms with Gasteiger partial charge in [0.25, 0.3) is 0 Å². The highest BCUT2D eigenvalue weighted by Crippen LogP contribution is 2.28. The summed E-state index contributed by atoms with van der Waals surface area (Å²) < 4.78 is 30.8. The van der Waals surface area contributed by atoms with E-state index >= 15 is 0 Å². The van der Waals surface area contributed by atoms with E-state index in [1.807, 2.05) is 0 Å². The second-order valence-electron chi connectivity index (χ2n) is 5.10. The minimum Gasteiger partial charge on any atom is -0.481 e. The standard InChI is InChI=1S/C14H18ClNO6S/c1-8(13(17)18)7-16(3)23(20,21)12-6-10(14(19)22-4)5-11(15)9(12)2/h5-6,8H,7H2,1-4H3,(H,17,18). The van der Waals surface area contributed by atoms with E-state index in [0.717, 1.165) is 4.31 Å². The lowest BCUT2D eigenvalue weighted by molar-refractivity contribution is -0.141. The van der Waals surface area contributed by atoms with Crippen LogP contribution in [0.2, 0.25) is 5.02 Å². The molecule has 1 rings (SSSR count). The van der Waals surface area contributed by atoms with E-state index in [9.17, 15) is 18.0 Å². The zero-order valence-corrected chi connectivity index (χ0v) is 14.7. The Kier molecular flexibility index (Phi) is 6.15. The highest BCUT2D eigenvalue weighted by Gasteiger charge is 2.28. The molecule has 0 bridgehead atoms. The lowest BCUT2D eigenvalue weighted by Crippen LogP contribution is -2.34. The molecule has 9 heteroatoms. The molecule has 0 spiro atoms. The summed E-state index contributed by atoms with van der Waals surface area (Å²) in [6.07, 6.45) is 0. The first-order chi connectivity index (χ1) is 10.5. The number of esters is 1. The van der Waals surface area contributed by atoms with Gasteiger partial charge in [0.05, 0.1) is 23.5 Å². The van der Waals surface area contributed by atoms with Crippen LogP contribution in [0.3, 0.4) is 0 Å². The molecule has 1 aromatic rings. The van der Waals surface area contributed by atoms with Gasteiger partial charge in [0, 0.05) is 18.6 Å². The fraction of sp³-hybridized carbons (Fsp3) is 0.429. The zero-order chi connectivity index (χ0) is 17.9. The van der Waals surface area contributed by atoms with Crippen molar-refractivity contribution in [2.24, 2.45) is 5.92 Å². The molecule has 0 fully saturated rings. The molecule has 0 saturated carbocycles. The summed E-state index contributed by atoms with van der Waals surface area (Å²) in [4.78, 5) is 22.4. The SMILES string of the molecule is COC(=O)c1cc(Cl)c(C)c(S(=O)(=O)N(C)CC(C)C(=O)O)c1. The summed E-state index contributed by atoms with van der Waals surface area (Å²) in [5.41, 5.74) is 0.274. The highest BCUT2D eigenvalue weighted by molar-refractivity contribution is 7.89. The van der Waals surface area contributed by atoms with Crippen LogP contribution in [0.25, 0.3) is 0 Å². The number of halogens is 1.